The molecule has 0 saturated heterocycles. The molecule has 1 atom stereocenters. The predicted octanol–water partition coefficient (Wildman–Crippen LogP) is 5.87. The van der Waals surface area contributed by atoms with Crippen molar-refractivity contribution >= 4 is 16.9 Å². The number of para-hydroxylation sites is 2. The Bertz CT molecular complexity index is 1230. The first-order chi connectivity index (χ1) is 16.1. The molecule has 4 rings (SSSR count). The molecule has 33 heavy (non-hydrogen) atoms. The number of fused-ring (bicyclic) bond motifs is 1. The SMILES string of the molecule is CCc1ccc(OCCCn2c(C(C)NC(=O)c3ccccc3C)nc3ccccc32)cc1. The Morgan fingerprint density at radius 2 is 1.76 bits per heavy atom. The van der Waals surface area contributed by atoms with Gasteiger partial charge in [0.25, 0.3) is 5.91 Å². The van der Waals surface area contributed by atoms with Gasteiger partial charge in [0.1, 0.15) is 11.6 Å². The summed E-state index contributed by atoms with van der Waals surface area (Å²) in [7, 11) is 0. The minimum absolute atomic E-state index is 0.0851. The molecule has 5 nitrogen and oxygen atoms in total. The molecule has 5 heteroatoms. The Morgan fingerprint density at radius 1 is 1.03 bits per heavy atom. The summed E-state index contributed by atoms with van der Waals surface area (Å²) in [6.07, 6.45) is 1.86. The summed E-state index contributed by atoms with van der Waals surface area (Å²) in [5.41, 5.74) is 4.95. The maximum atomic E-state index is 12.9. The van der Waals surface area contributed by atoms with Crippen LogP contribution >= 0.6 is 0 Å². The number of hydrogen-bond donors (Lipinski definition) is 1. The Labute approximate surface area is 195 Å². The van der Waals surface area contributed by atoms with Crippen molar-refractivity contribution in [3.63, 3.8) is 0 Å². The molecule has 0 radical (unpaired) electrons. The van der Waals surface area contributed by atoms with Crippen LogP contribution in [0.4, 0.5) is 0 Å². The van der Waals surface area contributed by atoms with Gasteiger partial charge in [0, 0.05) is 12.1 Å². The van der Waals surface area contributed by atoms with Crippen LogP contribution in [0, 0.1) is 6.92 Å². The highest BCUT2D eigenvalue weighted by molar-refractivity contribution is 5.95. The summed E-state index contributed by atoms with van der Waals surface area (Å²) >= 11 is 0. The van der Waals surface area contributed by atoms with E-state index >= 15 is 0 Å². The maximum Gasteiger partial charge on any atom is 0.252 e. The average Bonchev–Trinajstić information content (AvgIpc) is 3.21. The monoisotopic (exact) mass is 441 g/mol. The van der Waals surface area contributed by atoms with Crippen molar-refractivity contribution in [3.05, 3.63) is 95.3 Å². The van der Waals surface area contributed by atoms with E-state index in [0.717, 1.165) is 47.6 Å². The van der Waals surface area contributed by atoms with Crippen LogP contribution < -0.4 is 10.1 Å². The van der Waals surface area contributed by atoms with Crippen LogP contribution in [0.3, 0.4) is 0 Å². The lowest BCUT2D eigenvalue weighted by molar-refractivity contribution is 0.0937. The molecule has 0 aliphatic rings. The predicted molar refractivity (Wildman–Crippen MR) is 133 cm³/mol. The van der Waals surface area contributed by atoms with Crippen LogP contribution in [0.2, 0.25) is 0 Å². The molecule has 170 valence electrons. The standard InChI is InChI=1S/C28H31N3O2/c1-4-22-14-16-23(17-15-22)33-19-9-18-31-26-13-8-7-12-25(26)30-27(31)21(3)29-28(32)24-11-6-5-10-20(24)2/h5-8,10-17,21H,4,9,18-19H2,1-3H3,(H,29,32). The number of rotatable bonds is 9. The first kappa shape index (κ1) is 22.6. The summed E-state index contributed by atoms with van der Waals surface area (Å²) in [5.74, 6) is 1.66. The van der Waals surface area contributed by atoms with E-state index in [4.69, 9.17) is 9.72 Å². The lowest BCUT2D eigenvalue weighted by Crippen LogP contribution is -2.29. The second kappa shape index (κ2) is 10.3. The topological polar surface area (TPSA) is 56.1 Å². The lowest BCUT2D eigenvalue weighted by atomic mass is 10.1. The quantitative estimate of drug-likeness (QED) is 0.331. The van der Waals surface area contributed by atoms with E-state index in [2.05, 4.69) is 35.0 Å². The zero-order valence-electron chi connectivity index (χ0n) is 19.5. The van der Waals surface area contributed by atoms with Crippen LogP contribution in [0.1, 0.15) is 53.6 Å². The molecule has 0 aliphatic heterocycles. The van der Waals surface area contributed by atoms with Gasteiger partial charge in [0.15, 0.2) is 0 Å². The molecule has 1 heterocycles. The zero-order chi connectivity index (χ0) is 23.2. The summed E-state index contributed by atoms with van der Waals surface area (Å²) in [5, 5.41) is 3.13. The third-order valence-electron chi connectivity index (χ3n) is 5.94. The van der Waals surface area contributed by atoms with Crippen LogP contribution in [0.25, 0.3) is 11.0 Å². The lowest BCUT2D eigenvalue weighted by Gasteiger charge is -2.17. The molecule has 1 aromatic heterocycles. The van der Waals surface area contributed by atoms with Gasteiger partial charge >= 0.3 is 0 Å². The van der Waals surface area contributed by atoms with Crippen molar-refractivity contribution < 1.29 is 9.53 Å². The smallest absolute Gasteiger partial charge is 0.252 e. The number of aromatic nitrogens is 2. The number of nitrogens with zero attached hydrogens (tertiary/aromatic N) is 2. The average molecular weight is 442 g/mol. The number of imidazole rings is 1. The number of ether oxygens (including phenoxy) is 1. The van der Waals surface area contributed by atoms with Crippen LogP contribution in [-0.4, -0.2) is 22.1 Å². The third kappa shape index (κ3) is 5.25. The molecule has 1 unspecified atom stereocenters. The number of aryl methyl sites for hydroxylation is 3. The molecule has 0 aliphatic carbocycles. The number of carbonyl (C=O) groups is 1. The van der Waals surface area contributed by atoms with Crippen molar-refractivity contribution in [3.8, 4) is 5.75 Å². The minimum Gasteiger partial charge on any atom is -0.494 e. The molecule has 3 aromatic carbocycles. The molecule has 1 amide bonds. The number of hydrogen-bond acceptors (Lipinski definition) is 3. The second-order valence-electron chi connectivity index (χ2n) is 8.32. The molecule has 0 fully saturated rings. The van der Waals surface area contributed by atoms with E-state index in [-0.39, 0.29) is 11.9 Å². The number of nitrogens with one attached hydrogen (secondary N) is 1. The van der Waals surface area contributed by atoms with Gasteiger partial charge in [-0.05, 0) is 68.1 Å². The van der Waals surface area contributed by atoms with Crippen LogP contribution in [0.5, 0.6) is 5.75 Å². The molecule has 0 spiro atoms. The van der Waals surface area contributed by atoms with Gasteiger partial charge in [-0.15, -0.1) is 0 Å². The van der Waals surface area contributed by atoms with Crippen LogP contribution in [0.15, 0.2) is 72.8 Å². The molecular weight excluding hydrogens is 410 g/mol. The van der Waals surface area contributed by atoms with Gasteiger partial charge in [-0.2, -0.15) is 0 Å². The summed E-state index contributed by atoms with van der Waals surface area (Å²) < 4.78 is 8.14. The summed E-state index contributed by atoms with van der Waals surface area (Å²) in [4.78, 5) is 17.7. The van der Waals surface area contributed by atoms with Crippen LogP contribution in [-0.2, 0) is 13.0 Å². The van der Waals surface area contributed by atoms with Gasteiger partial charge in [0.2, 0.25) is 0 Å². The van der Waals surface area contributed by atoms with Gasteiger partial charge in [-0.3, -0.25) is 4.79 Å². The molecule has 1 N–H and O–H groups in total. The van der Waals surface area contributed by atoms with Crippen molar-refractivity contribution in [2.24, 2.45) is 0 Å². The van der Waals surface area contributed by atoms with Crippen molar-refractivity contribution in [2.75, 3.05) is 6.61 Å². The summed E-state index contributed by atoms with van der Waals surface area (Å²) in [6, 6.07) is 23.8. The highest BCUT2D eigenvalue weighted by Crippen LogP contribution is 2.22. The summed E-state index contributed by atoms with van der Waals surface area (Å²) in [6.45, 7) is 7.45. The van der Waals surface area contributed by atoms with E-state index in [1.165, 1.54) is 5.56 Å². The molecule has 0 bridgehead atoms. The highest BCUT2D eigenvalue weighted by atomic mass is 16.5. The number of amides is 1. The fourth-order valence-corrected chi connectivity index (χ4v) is 4.06. The first-order valence-corrected chi connectivity index (χ1v) is 11.6. The molecule has 0 saturated carbocycles. The van der Waals surface area contributed by atoms with Gasteiger partial charge in [-0.25, -0.2) is 4.98 Å². The Hall–Kier alpha value is -3.60. The molecular formula is C28H31N3O2. The van der Waals surface area contributed by atoms with Crippen molar-refractivity contribution in [1.82, 2.24) is 14.9 Å². The molecule has 4 aromatic rings. The fraction of sp³-hybridized carbons (Fsp3) is 0.286. The second-order valence-corrected chi connectivity index (χ2v) is 8.32. The zero-order valence-corrected chi connectivity index (χ0v) is 19.5. The Balaban J connectivity index is 1.46. The maximum absolute atomic E-state index is 12.9. The van der Waals surface area contributed by atoms with Crippen molar-refractivity contribution in [2.45, 2.75) is 46.2 Å². The van der Waals surface area contributed by atoms with E-state index in [9.17, 15) is 4.79 Å². The normalized spacial score (nSPS) is 12.0. The van der Waals surface area contributed by atoms with E-state index in [0.29, 0.717) is 12.2 Å². The number of benzene rings is 3. The van der Waals surface area contributed by atoms with E-state index < -0.39 is 0 Å². The van der Waals surface area contributed by atoms with Gasteiger partial charge < -0.3 is 14.6 Å². The van der Waals surface area contributed by atoms with Crippen molar-refractivity contribution in [1.29, 1.82) is 0 Å². The minimum atomic E-state index is -0.230. The van der Waals surface area contributed by atoms with Gasteiger partial charge in [0.05, 0.1) is 23.7 Å². The third-order valence-corrected chi connectivity index (χ3v) is 5.94. The first-order valence-electron chi connectivity index (χ1n) is 11.6. The Morgan fingerprint density at radius 3 is 2.52 bits per heavy atom. The van der Waals surface area contributed by atoms with Gasteiger partial charge in [-0.1, -0.05) is 49.4 Å². The Kier molecular flexibility index (Phi) is 7.08. The highest BCUT2D eigenvalue weighted by Gasteiger charge is 2.19. The fourth-order valence-electron chi connectivity index (χ4n) is 4.06. The number of carbonyl (C=O) groups excluding carboxylic acids is 1. The van der Waals surface area contributed by atoms with E-state index in [1.807, 2.05) is 68.4 Å². The van der Waals surface area contributed by atoms with E-state index in [1.54, 1.807) is 0 Å². The largest absolute Gasteiger partial charge is 0.494 e.